The van der Waals surface area contributed by atoms with Gasteiger partial charge in [0.15, 0.2) is 0 Å². The van der Waals surface area contributed by atoms with E-state index in [1.54, 1.807) is 7.11 Å². The second kappa shape index (κ2) is 7.40. The number of fused-ring (bicyclic) bond motifs is 4. The highest BCUT2D eigenvalue weighted by atomic mass is 19.1. The number of halogens is 1. The van der Waals surface area contributed by atoms with Crippen molar-refractivity contribution in [1.29, 1.82) is 0 Å². The molecule has 7 heteroatoms. The van der Waals surface area contributed by atoms with Crippen LogP contribution in [0.4, 0.5) is 4.39 Å². The summed E-state index contributed by atoms with van der Waals surface area (Å²) in [6.07, 6.45) is 2.77. The third kappa shape index (κ3) is 3.04. The third-order valence-electron chi connectivity index (χ3n) is 6.70. The summed E-state index contributed by atoms with van der Waals surface area (Å²) in [4.78, 5) is 27.9. The van der Waals surface area contributed by atoms with Crippen molar-refractivity contribution in [2.24, 2.45) is 5.92 Å². The van der Waals surface area contributed by atoms with Gasteiger partial charge in [-0.2, -0.15) is 0 Å². The Kier molecular flexibility index (Phi) is 4.70. The van der Waals surface area contributed by atoms with Crippen LogP contribution in [0.2, 0.25) is 0 Å². The number of aromatic nitrogens is 2. The lowest BCUT2D eigenvalue weighted by Gasteiger charge is -2.32. The summed E-state index contributed by atoms with van der Waals surface area (Å²) >= 11 is 0. The van der Waals surface area contributed by atoms with Crippen molar-refractivity contribution >= 4 is 10.9 Å². The van der Waals surface area contributed by atoms with Crippen LogP contribution in [0.1, 0.15) is 29.9 Å². The molecule has 1 fully saturated rings. The van der Waals surface area contributed by atoms with Crippen LogP contribution in [0.5, 0.6) is 5.75 Å². The molecule has 3 atom stereocenters. The van der Waals surface area contributed by atoms with Crippen molar-refractivity contribution < 1.29 is 9.13 Å². The van der Waals surface area contributed by atoms with E-state index in [1.165, 1.54) is 33.9 Å². The van der Waals surface area contributed by atoms with Gasteiger partial charge in [-0.05, 0) is 67.1 Å². The molecule has 0 bridgehead atoms. The zero-order valence-electron chi connectivity index (χ0n) is 16.8. The van der Waals surface area contributed by atoms with Gasteiger partial charge in [0.05, 0.1) is 18.0 Å². The van der Waals surface area contributed by atoms with Crippen molar-refractivity contribution in [3.05, 3.63) is 74.2 Å². The minimum atomic E-state index is -0.502. The Labute approximate surface area is 172 Å². The molecule has 3 aromatic rings. The van der Waals surface area contributed by atoms with Gasteiger partial charge in [0.25, 0.3) is 5.56 Å². The summed E-state index contributed by atoms with van der Waals surface area (Å²) in [5.41, 5.74) is 1.94. The van der Waals surface area contributed by atoms with Crippen molar-refractivity contribution in [3.8, 4) is 5.75 Å². The second-order valence-corrected chi connectivity index (χ2v) is 8.23. The number of methoxy groups -OCH3 is 1. The number of rotatable bonds is 4. The molecule has 30 heavy (non-hydrogen) atoms. The quantitative estimate of drug-likeness (QED) is 0.694. The SMILES string of the molecule is COc1cccc2c1CC[C@H]1CNC(CCn3c(=O)[nH]c4cc(F)ccc4c3=O)[C@@H]21. The summed E-state index contributed by atoms with van der Waals surface area (Å²) in [6, 6.07) is 10.2. The zero-order chi connectivity index (χ0) is 20.8. The predicted octanol–water partition coefficient (Wildman–Crippen LogP) is 2.55. The molecule has 1 aliphatic carbocycles. The minimum absolute atomic E-state index is 0.177. The van der Waals surface area contributed by atoms with Gasteiger partial charge in [0.2, 0.25) is 0 Å². The van der Waals surface area contributed by atoms with Crippen LogP contribution in [-0.4, -0.2) is 29.2 Å². The van der Waals surface area contributed by atoms with Crippen LogP contribution >= 0.6 is 0 Å². The summed E-state index contributed by atoms with van der Waals surface area (Å²) in [6.45, 7) is 1.25. The zero-order valence-corrected chi connectivity index (χ0v) is 16.8. The lowest BCUT2D eigenvalue weighted by atomic mass is 9.73. The maximum absolute atomic E-state index is 13.4. The predicted molar refractivity (Wildman–Crippen MR) is 113 cm³/mol. The molecule has 0 radical (unpaired) electrons. The summed E-state index contributed by atoms with van der Waals surface area (Å²) in [7, 11) is 1.70. The van der Waals surface area contributed by atoms with E-state index in [2.05, 4.69) is 16.4 Å². The summed E-state index contributed by atoms with van der Waals surface area (Å²) in [5.74, 6) is 1.34. The third-order valence-corrected chi connectivity index (χ3v) is 6.70. The fraction of sp³-hybridized carbons (Fsp3) is 0.391. The number of aromatic amines is 1. The molecule has 1 unspecified atom stereocenters. The Hall–Kier alpha value is -2.93. The highest BCUT2D eigenvalue weighted by molar-refractivity contribution is 5.77. The Morgan fingerprint density at radius 3 is 2.93 bits per heavy atom. The maximum Gasteiger partial charge on any atom is 0.328 e. The number of benzene rings is 2. The van der Waals surface area contributed by atoms with E-state index in [1.807, 2.05) is 12.1 Å². The smallest absolute Gasteiger partial charge is 0.328 e. The first-order valence-corrected chi connectivity index (χ1v) is 10.4. The van der Waals surface area contributed by atoms with Crippen molar-refractivity contribution in [2.75, 3.05) is 13.7 Å². The normalized spacial score (nSPS) is 22.7. The Morgan fingerprint density at radius 1 is 1.23 bits per heavy atom. The molecular formula is C23H24FN3O3. The molecule has 0 amide bonds. The van der Waals surface area contributed by atoms with E-state index in [9.17, 15) is 14.0 Å². The molecule has 5 rings (SSSR count). The lowest BCUT2D eigenvalue weighted by Crippen LogP contribution is -2.38. The molecule has 6 nitrogen and oxygen atoms in total. The Morgan fingerprint density at radius 2 is 2.10 bits per heavy atom. The fourth-order valence-corrected chi connectivity index (χ4v) is 5.30. The number of ether oxygens (including phenoxy) is 1. The first-order chi connectivity index (χ1) is 14.6. The minimum Gasteiger partial charge on any atom is -0.496 e. The molecule has 0 saturated carbocycles. The first-order valence-electron chi connectivity index (χ1n) is 10.4. The van der Waals surface area contributed by atoms with Gasteiger partial charge in [0, 0.05) is 18.5 Å². The van der Waals surface area contributed by atoms with Gasteiger partial charge in [0.1, 0.15) is 11.6 Å². The second-order valence-electron chi connectivity index (χ2n) is 8.23. The van der Waals surface area contributed by atoms with Crippen LogP contribution in [0.15, 0.2) is 46.0 Å². The number of nitrogens with zero attached hydrogens (tertiary/aromatic N) is 1. The molecule has 0 spiro atoms. The molecular weight excluding hydrogens is 385 g/mol. The highest BCUT2D eigenvalue weighted by Gasteiger charge is 2.40. The topological polar surface area (TPSA) is 76.1 Å². The van der Waals surface area contributed by atoms with Crippen LogP contribution < -0.4 is 21.3 Å². The summed E-state index contributed by atoms with van der Waals surface area (Å²) < 4.78 is 20.2. The molecule has 1 aromatic heterocycles. The molecule has 1 aliphatic heterocycles. The highest BCUT2D eigenvalue weighted by Crippen LogP contribution is 2.45. The van der Waals surface area contributed by atoms with E-state index < -0.39 is 11.5 Å². The molecule has 1 saturated heterocycles. The van der Waals surface area contributed by atoms with Crippen molar-refractivity contribution in [1.82, 2.24) is 14.9 Å². The molecule has 2 N–H and O–H groups in total. The Bertz CT molecular complexity index is 1230. The standard InChI is InChI=1S/C23H24FN3O3/c1-30-20-4-2-3-16-15(20)7-5-13-12-25-18(21(13)16)9-10-27-22(28)17-8-6-14(24)11-19(17)26-23(27)29/h2-4,6,8,11,13,18,21,25H,5,7,9-10,12H2,1H3,(H,26,29)/t13-,18?,21+/m0/s1. The van der Waals surface area contributed by atoms with E-state index in [-0.39, 0.29) is 17.1 Å². The van der Waals surface area contributed by atoms with Gasteiger partial charge >= 0.3 is 5.69 Å². The largest absolute Gasteiger partial charge is 0.496 e. The van der Waals surface area contributed by atoms with E-state index in [0.29, 0.717) is 30.2 Å². The van der Waals surface area contributed by atoms with Crippen LogP contribution in [0.3, 0.4) is 0 Å². The van der Waals surface area contributed by atoms with Crippen LogP contribution in [0.25, 0.3) is 10.9 Å². The van der Waals surface area contributed by atoms with Crippen molar-refractivity contribution in [3.63, 3.8) is 0 Å². The Balaban J connectivity index is 1.44. The van der Waals surface area contributed by atoms with Gasteiger partial charge < -0.3 is 15.0 Å². The number of hydrogen-bond donors (Lipinski definition) is 2. The average molecular weight is 409 g/mol. The van der Waals surface area contributed by atoms with Gasteiger partial charge in [-0.25, -0.2) is 9.18 Å². The average Bonchev–Trinajstić information content (AvgIpc) is 3.16. The van der Waals surface area contributed by atoms with Gasteiger partial charge in [-0.1, -0.05) is 12.1 Å². The number of nitrogens with one attached hydrogen (secondary N) is 2. The number of hydrogen-bond acceptors (Lipinski definition) is 4. The number of H-pyrrole nitrogens is 1. The molecule has 2 heterocycles. The summed E-state index contributed by atoms with van der Waals surface area (Å²) in [5, 5.41) is 3.93. The maximum atomic E-state index is 13.4. The monoisotopic (exact) mass is 409 g/mol. The van der Waals surface area contributed by atoms with E-state index in [0.717, 1.165) is 25.1 Å². The van der Waals surface area contributed by atoms with Crippen LogP contribution in [0, 0.1) is 11.7 Å². The first kappa shape index (κ1) is 19.1. The van der Waals surface area contributed by atoms with E-state index in [4.69, 9.17) is 4.74 Å². The van der Waals surface area contributed by atoms with Crippen molar-refractivity contribution in [2.45, 2.75) is 37.8 Å². The van der Waals surface area contributed by atoms with Gasteiger partial charge in [-0.3, -0.25) is 9.36 Å². The lowest BCUT2D eigenvalue weighted by molar-refractivity contribution is 0.371. The molecule has 2 aromatic carbocycles. The van der Waals surface area contributed by atoms with Gasteiger partial charge in [-0.15, -0.1) is 0 Å². The fourth-order valence-electron chi connectivity index (χ4n) is 5.30. The van der Waals surface area contributed by atoms with E-state index >= 15 is 0 Å². The molecule has 2 aliphatic rings. The van der Waals surface area contributed by atoms with Crippen LogP contribution in [-0.2, 0) is 13.0 Å². The molecule has 156 valence electrons.